The van der Waals surface area contributed by atoms with Crippen LogP contribution in [0.25, 0.3) is 0 Å². The van der Waals surface area contributed by atoms with Gasteiger partial charge in [0, 0.05) is 6.54 Å². The summed E-state index contributed by atoms with van der Waals surface area (Å²) in [5, 5.41) is 11.5. The molecule has 0 aliphatic carbocycles. The van der Waals surface area contributed by atoms with E-state index in [1.165, 1.54) is 12.1 Å². The Balaban J connectivity index is 2.61. The number of carbonyl (C=O) groups is 2. The van der Waals surface area contributed by atoms with Gasteiger partial charge in [-0.3, -0.25) is 4.79 Å². The summed E-state index contributed by atoms with van der Waals surface area (Å²) in [6, 6.07) is 5.89. The molecule has 1 rings (SSSR count). The van der Waals surface area contributed by atoms with E-state index in [1.807, 2.05) is 13.8 Å². The molecule has 0 saturated heterocycles. The zero-order chi connectivity index (χ0) is 13.7. The van der Waals surface area contributed by atoms with Crippen LogP contribution in [0.1, 0.15) is 29.8 Å². The molecule has 18 heavy (non-hydrogen) atoms. The van der Waals surface area contributed by atoms with Crippen molar-refractivity contribution in [3.05, 3.63) is 35.4 Å². The summed E-state index contributed by atoms with van der Waals surface area (Å²) < 4.78 is 0. The average molecular weight is 250 g/mol. The summed E-state index contributed by atoms with van der Waals surface area (Å²) in [6.45, 7) is 4.02. The van der Waals surface area contributed by atoms with E-state index in [0.29, 0.717) is 0 Å². The highest BCUT2D eigenvalue weighted by atomic mass is 16.4. The molecule has 4 N–H and O–H groups in total. The average Bonchev–Trinajstić information content (AvgIpc) is 2.35. The van der Waals surface area contributed by atoms with Gasteiger partial charge >= 0.3 is 5.97 Å². The van der Waals surface area contributed by atoms with E-state index in [9.17, 15) is 9.59 Å². The van der Waals surface area contributed by atoms with E-state index in [4.69, 9.17) is 10.8 Å². The van der Waals surface area contributed by atoms with E-state index in [0.717, 1.165) is 5.56 Å². The van der Waals surface area contributed by atoms with Gasteiger partial charge in [-0.25, -0.2) is 4.79 Å². The SMILES string of the molecule is CC(C)C(N)C(=O)NCc1cccc(C(=O)O)c1. The lowest BCUT2D eigenvalue weighted by Gasteiger charge is -2.15. The van der Waals surface area contributed by atoms with Crippen LogP contribution in [-0.4, -0.2) is 23.0 Å². The van der Waals surface area contributed by atoms with Crippen LogP contribution in [0.15, 0.2) is 24.3 Å². The van der Waals surface area contributed by atoms with Gasteiger partial charge < -0.3 is 16.2 Å². The van der Waals surface area contributed by atoms with E-state index < -0.39 is 12.0 Å². The van der Waals surface area contributed by atoms with Gasteiger partial charge in [0.15, 0.2) is 0 Å². The molecule has 0 spiro atoms. The highest BCUT2D eigenvalue weighted by Crippen LogP contribution is 2.05. The lowest BCUT2D eigenvalue weighted by molar-refractivity contribution is -0.123. The molecule has 0 aromatic heterocycles. The van der Waals surface area contributed by atoms with Crippen LogP contribution in [0.2, 0.25) is 0 Å². The van der Waals surface area contributed by atoms with Crippen LogP contribution in [0.4, 0.5) is 0 Å². The van der Waals surface area contributed by atoms with Crippen LogP contribution in [0.5, 0.6) is 0 Å². The third-order valence-electron chi connectivity index (χ3n) is 2.66. The Labute approximate surface area is 106 Å². The van der Waals surface area contributed by atoms with Gasteiger partial charge in [-0.1, -0.05) is 26.0 Å². The standard InChI is InChI=1S/C13H18N2O3/c1-8(2)11(14)12(16)15-7-9-4-3-5-10(6-9)13(17)18/h3-6,8,11H,7,14H2,1-2H3,(H,15,16)(H,17,18). The van der Waals surface area contributed by atoms with Gasteiger partial charge in [-0.15, -0.1) is 0 Å². The zero-order valence-electron chi connectivity index (χ0n) is 10.5. The minimum atomic E-state index is -0.984. The van der Waals surface area contributed by atoms with Gasteiger partial charge in [-0.05, 0) is 23.6 Å². The number of nitrogens with one attached hydrogen (secondary N) is 1. The molecule has 98 valence electrons. The molecule has 1 atom stereocenters. The second-order valence-electron chi connectivity index (χ2n) is 4.49. The van der Waals surface area contributed by atoms with Gasteiger partial charge in [0.05, 0.1) is 11.6 Å². The first-order chi connectivity index (χ1) is 8.41. The van der Waals surface area contributed by atoms with Crippen molar-refractivity contribution in [3.8, 4) is 0 Å². The zero-order valence-corrected chi connectivity index (χ0v) is 10.5. The summed E-state index contributed by atoms with van der Waals surface area (Å²) in [5.41, 5.74) is 6.64. The van der Waals surface area contributed by atoms with Crippen molar-refractivity contribution in [3.63, 3.8) is 0 Å². The van der Waals surface area contributed by atoms with Crippen LogP contribution >= 0.6 is 0 Å². The highest BCUT2D eigenvalue weighted by molar-refractivity contribution is 5.87. The highest BCUT2D eigenvalue weighted by Gasteiger charge is 2.16. The second-order valence-corrected chi connectivity index (χ2v) is 4.49. The number of amides is 1. The van der Waals surface area contributed by atoms with Crippen molar-refractivity contribution >= 4 is 11.9 Å². The number of benzene rings is 1. The molecule has 0 fully saturated rings. The van der Waals surface area contributed by atoms with Gasteiger partial charge in [0.2, 0.25) is 5.91 Å². The van der Waals surface area contributed by atoms with Crippen LogP contribution in [-0.2, 0) is 11.3 Å². The molecule has 5 nitrogen and oxygen atoms in total. The minimum Gasteiger partial charge on any atom is -0.478 e. The van der Waals surface area contributed by atoms with Crippen molar-refractivity contribution in [2.45, 2.75) is 26.4 Å². The minimum absolute atomic E-state index is 0.0651. The van der Waals surface area contributed by atoms with Crippen molar-refractivity contribution < 1.29 is 14.7 Å². The van der Waals surface area contributed by atoms with Crippen molar-refractivity contribution in [2.75, 3.05) is 0 Å². The summed E-state index contributed by atoms with van der Waals surface area (Å²) in [4.78, 5) is 22.4. The van der Waals surface area contributed by atoms with Gasteiger partial charge in [0.1, 0.15) is 0 Å². The molecule has 5 heteroatoms. The number of aromatic carboxylic acids is 1. The summed E-state index contributed by atoms with van der Waals surface area (Å²) in [6.07, 6.45) is 0. The summed E-state index contributed by atoms with van der Waals surface area (Å²) in [5.74, 6) is -1.15. The van der Waals surface area contributed by atoms with Crippen LogP contribution in [0.3, 0.4) is 0 Å². The molecule has 1 aromatic carbocycles. The first-order valence-corrected chi connectivity index (χ1v) is 5.77. The first kappa shape index (κ1) is 14.2. The molecule has 0 aliphatic heterocycles. The molecule has 0 saturated carbocycles. The van der Waals surface area contributed by atoms with Crippen molar-refractivity contribution in [1.29, 1.82) is 0 Å². The number of nitrogens with two attached hydrogens (primary N) is 1. The van der Waals surface area contributed by atoms with Gasteiger partial charge in [0.25, 0.3) is 0 Å². The van der Waals surface area contributed by atoms with E-state index in [1.54, 1.807) is 12.1 Å². The summed E-state index contributed by atoms with van der Waals surface area (Å²) in [7, 11) is 0. The lowest BCUT2D eigenvalue weighted by Crippen LogP contribution is -2.43. The van der Waals surface area contributed by atoms with E-state index >= 15 is 0 Å². The Morgan fingerprint density at radius 3 is 2.61 bits per heavy atom. The van der Waals surface area contributed by atoms with E-state index in [-0.39, 0.29) is 23.9 Å². The topological polar surface area (TPSA) is 92.4 Å². The Hall–Kier alpha value is -1.88. The molecule has 0 heterocycles. The Morgan fingerprint density at radius 2 is 2.06 bits per heavy atom. The predicted molar refractivity (Wildman–Crippen MR) is 68.1 cm³/mol. The Kier molecular flexibility index (Phi) is 4.85. The fraction of sp³-hybridized carbons (Fsp3) is 0.385. The van der Waals surface area contributed by atoms with Crippen molar-refractivity contribution in [1.82, 2.24) is 5.32 Å². The quantitative estimate of drug-likeness (QED) is 0.726. The summed E-state index contributed by atoms with van der Waals surface area (Å²) >= 11 is 0. The maximum Gasteiger partial charge on any atom is 0.335 e. The third kappa shape index (κ3) is 3.85. The normalized spacial score (nSPS) is 12.2. The number of carboxylic acids is 1. The monoisotopic (exact) mass is 250 g/mol. The van der Waals surface area contributed by atoms with Crippen LogP contribution in [0, 0.1) is 5.92 Å². The number of hydrogen-bond acceptors (Lipinski definition) is 3. The largest absolute Gasteiger partial charge is 0.478 e. The maximum absolute atomic E-state index is 11.6. The second kappa shape index (κ2) is 6.16. The van der Waals surface area contributed by atoms with Gasteiger partial charge in [-0.2, -0.15) is 0 Å². The number of hydrogen-bond donors (Lipinski definition) is 3. The maximum atomic E-state index is 11.6. The fourth-order valence-corrected chi connectivity index (χ4v) is 1.42. The lowest BCUT2D eigenvalue weighted by atomic mass is 10.0. The Bertz CT molecular complexity index is 444. The third-order valence-corrected chi connectivity index (χ3v) is 2.66. The van der Waals surface area contributed by atoms with Crippen molar-refractivity contribution in [2.24, 2.45) is 11.7 Å². The molecular formula is C13H18N2O3. The molecule has 1 aromatic rings. The molecule has 1 amide bonds. The van der Waals surface area contributed by atoms with E-state index in [2.05, 4.69) is 5.32 Å². The Morgan fingerprint density at radius 1 is 1.39 bits per heavy atom. The van der Waals surface area contributed by atoms with Crippen LogP contribution < -0.4 is 11.1 Å². The predicted octanol–water partition coefficient (Wildman–Crippen LogP) is 0.984. The fourth-order valence-electron chi connectivity index (χ4n) is 1.42. The number of rotatable bonds is 5. The number of carbonyl (C=O) groups excluding carboxylic acids is 1. The molecular weight excluding hydrogens is 232 g/mol. The molecule has 0 bridgehead atoms. The molecule has 0 aliphatic rings. The smallest absolute Gasteiger partial charge is 0.335 e. The number of carboxylic acid groups (broad SMARTS) is 1. The molecule has 1 unspecified atom stereocenters. The molecule has 0 radical (unpaired) electrons. The first-order valence-electron chi connectivity index (χ1n) is 5.77.